The van der Waals surface area contributed by atoms with Gasteiger partial charge in [-0.3, -0.25) is 0 Å². The van der Waals surface area contributed by atoms with Crippen LogP contribution in [0.3, 0.4) is 0 Å². The Kier molecular flexibility index (Phi) is 3.26. The molecule has 1 heterocycles. The first-order valence-electron chi connectivity index (χ1n) is 4.93. The molecule has 0 saturated carbocycles. The Balaban J connectivity index is 2.23. The third-order valence-electron chi connectivity index (χ3n) is 2.59. The number of hydrogen-bond donors (Lipinski definition) is 1. The van der Waals surface area contributed by atoms with E-state index in [1.807, 2.05) is 0 Å². The van der Waals surface area contributed by atoms with E-state index in [0.29, 0.717) is 0 Å². The molecule has 0 spiro atoms. The first-order valence-corrected chi connectivity index (χ1v) is 5.98. The van der Waals surface area contributed by atoms with E-state index in [4.69, 9.17) is 0 Å². The normalized spacial score (nSPS) is 23.0. The first kappa shape index (κ1) is 10.9. The summed E-state index contributed by atoms with van der Waals surface area (Å²) in [6.45, 7) is 0. The fraction of sp³-hybridized carbons (Fsp3) is 0.455. The van der Waals surface area contributed by atoms with Gasteiger partial charge < -0.3 is 5.11 Å². The van der Waals surface area contributed by atoms with E-state index in [-0.39, 0.29) is 10.8 Å². The van der Waals surface area contributed by atoms with Gasteiger partial charge in [-0.05, 0) is 36.8 Å². The second-order valence-corrected chi connectivity index (χ2v) is 5.01. The van der Waals surface area contributed by atoms with Crippen molar-refractivity contribution in [2.24, 2.45) is 0 Å². The van der Waals surface area contributed by atoms with Crippen molar-refractivity contribution in [3.8, 4) is 0 Å². The van der Waals surface area contributed by atoms with Crippen molar-refractivity contribution in [3.05, 3.63) is 35.4 Å². The molecule has 1 aromatic carbocycles. The van der Waals surface area contributed by atoms with Gasteiger partial charge in [0.1, 0.15) is 11.6 Å². The Morgan fingerprint density at radius 2 is 2.20 bits per heavy atom. The van der Waals surface area contributed by atoms with Crippen molar-refractivity contribution in [1.82, 2.24) is 0 Å². The summed E-state index contributed by atoms with van der Waals surface area (Å²) in [6, 6.07) is 3.21. The van der Waals surface area contributed by atoms with Crippen LogP contribution in [0.25, 0.3) is 0 Å². The molecule has 1 saturated heterocycles. The fourth-order valence-corrected chi connectivity index (χ4v) is 3.09. The Morgan fingerprint density at radius 3 is 2.87 bits per heavy atom. The summed E-state index contributed by atoms with van der Waals surface area (Å²) in [7, 11) is 0. The van der Waals surface area contributed by atoms with Gasteiger partial charge in [-0.25, -0.2) is 8.78 Å². The molecule has 82 valence electrons. The second kappa shape index (κ2) is 4.49. The highest BCUT2D eigenvalue weighted by atomic mass is 32.2. The molecule has 0 bridgehead atoms. The molecule has 0 aromatic heterocycles. The minimum absolute atomic E-state index is 0.00120. The standard InChI is InChI=1S/C11H12F2OS/c12-7-3-4-9(13)8(6-7)11(14)10-2-1-5-15-10/h3-4,6,10-11,14H,1-2,5H2. The van der Waals surface area contributed by atoms with Gasteiger partial charge in [-0.2, -0.15) is 11.8 Å². The topological polar surface area (TPSA) is 20.2 Å². The predicted molar refractivity (Wildman–Crippen MR) is 56.8 cm³/mol. The summed E-state index contributed by atoms with van der Waals surface area (Å²) >= 11 is 1.62. The van der Waals surface area contributed by atoms with Crippen LogP contribution in [0.15, 0.2) is 18.2 Å². The number of hydrogen-bond acceptors (Lipinski definition) is 2. The molecule has 1 fully saturated rings. The lowest BCUT2D eigenvalue weighted by Crippen LogP contribution is -2.13. The maximum atomic E-state index is 13.3. The van der Waals surface area contributed by atoms with Gasteiger partial charge in [-0.1, -0.05) is 0 Å². The lowest BCUT2D eigenvalue weighted by Gasteiger charge is -2.17. The molecule has 1 aliphatic heterocycles. The highest BCUT2D eigenvalue weighted by Crippen LogP contribution is 2.36. The summed E-state index contributed by atoms with van der Waals surface area (Å²) in [5, 5.41) is 9.90. The van der Waals surface area contributed by atoms with Crippen molar-refractivity contribution in [1.29, 1.82) is 0 Å². The number of benzene rings is 1. The van der Waals surface area contributed by atoms with Crippen LogP contribution in [-0.2, 0) is 0 Å². The summed E-state index contributed by atoms with van der Waals surface area (Å²) in [5.41, 5.74) is 0.0781. The fourth-order valence-electron chi connectivity index (χ4n) is 1.79. The van der Waals surface area contributed by atoms with Crippen molar-refractivity contribution >= 4 is 11.8 Å². The van der Waals surface area contributed by atoms with E-state index in [2.05, 4.69) is 0 Å². The van der Waals surface area contributed by atoms with Gasteiger partial charge in [0.25, 0.3) is 0 Å². The van der Waals surface area contributed by atoms with Gasteiger partial charge in [0.2, 0.25) is 0 Å². The molecule has 0 radical (unpaired) electrons. The molecule has 1 aromatic rings. The maximum Gasteiger partial charge on any atom is 0.129 e. The molecular weight excluding hydrogens is 218 g/mol. The van der Waals surface area contributed by atoms with E-state index in [9.17, 15) is 13.9 Å². The van der Waals surface area contributed by atoms with E-state index in [1.165, 1.54) is 0 Å². The molecule has 4 heteroatoms. The van der Waals surface area contributed by atoms with Crippen LogP contribution in [0.1, 0.15) is 24.5 Å². The van der Waals surface area contributed by atoms with Crippen LogP contribution in [0, 0.1) is 11.6 Å². The zero-order valence-corrected chi connectivity index (χ0v) is 8.94. The van der Waals surface area contributed by atoms with Crippen LogP contribution in [0.5, 0.6) is 0 Å². The third kappa shape index (κ3) is 2.32. The van der Waals surface area contributed by atoms with Gasteiger partial charge in [0.05, 0.1) is 6.10 Å². The van der Waals surface area contributed by atoms with Gasteiger partial charge in [0, 0.05) is 10.8 Å². The van der Waals surface area contributed by atoms with Crippen molar-refractivity contribution in [3.63, 3.8) is 0 Å². The summed E-state index contributed by atoms with van der Waals surface area (Å²) in [5.74, 6) is -0.0524. The molecule has 2 atom stereocenters. The van der Waals surface area contributed by atoms with Crippen LogP contribution in [0.4, 0.5) is 8.78 Å². The second-order valence-electron chi connectivity index (χ2n) is 3.66. The van der Waals surface area contributed by atoms with Crippen LogP contribution < -0.4 is 0 Å². The van der Waals surface area contributed by atoms with Crippen molar-refractivity contribution in [2.45, 2.75) is 24.2 Å². The molecule has 1 aliphatic rings. The highest BCUT2D eigenvalue weighted by molar-refractivity contribution is 8.00. The Labute approximate surface area is 91.5 Å². The SMILES string of the molecule is OC(c1cc(F)ccc1F)C1CCCS1. The number of aliphatic hydroxyl groups is 1. The van der Waals surface area contributed by atoms with Crippen LogP contribution in [0.2, 0.25) is 0 Å². The number of aliphatic hydroxyl groups excluding tert-OH is 1. The van der Waals surface area contributed by atoms with Crippen LogP contribution >= 0.6 is 11.8 Å². The lowest BCUT2D eigenvalue weighted by molar-refractivity contribution is 0.168. The molecule has 2 rings (SSSR count). The van der Waals surface area contributed by atoms with Gasteiger partial charge >= 0.3 is 0 Å². The Morgan fingerprint density at radius 1 is 1.40 bits per heavy atom. The molecular formula is C11H12F2OS. The van der Waals surface area contributed by atoms with Gasteiger partial charge in [0.15, 0.2) is 0 Å². The largest absolute Gasteiger partial charge is 0.387 e. The minimum atomic E-state index is -0.895. The van der Waals surface area contributed by atoms with E-state index >= 15 is 0 Å². The molecule has 0 aliphatic carbocycles. The number of rotatable bonds is 2. The summed E-state index contributed by atoms with van der Waals surface area (Å²) in [6.07, 6.45) is 0.999. The van der Waals surface area contributed by atoms with E-state index < -0.39 is 17.7 Å². The summed E-state index contributed by atoms with van der Waals surface area (Å²) in [4.78, 5) is 0. The van der Waals surface area contributed by atoms with Crippen molar-refractivity contribution < 1.29 is 13.9 Å². The van der Waals surface area contributed by atoms with Gasteiger partial charge in [-0.15, -0.1) is 0 Å². The molecule has 1 N–H and O–H groups in total. The number of halogens is 2. The molecule has 0 amide bonds. The Hall–Kier alpha value is -0.610. The van der Waals surface area contributed by atoms with E-state index in [0.717, 1.165) is 36.8 Å². The smallest absolute Gasteiger partial charge is 0.129 e. The monoisotopic (exact) mass is 230 g/mol. The first-order chi connectivity index (χ1) is 7.18. The minimum Gasteiger partial charge on any atom is -0.387 e. The molecule has 15 heavy (non-hydrogen) atoms. The van der Waals surface area contributed by atoms with Crippen molar-refractivity contribution in [2.75, 3.05) is 5.75 Å². The lowest BCUT2D eigenvalue weighted by atomic mass is 10.0. The average Bonchev–Trinajstić information content (AvgIpc) is 2.74. The maximum absolute atomic E-state index is 13.3. The highest BCUT2D eigenvalue weighted by Gasteiger charge is 2.27. The Bertz CT molecular complexity index is 350. The predicted octanol–water partition coefficient (Wildman–Crippen LogP) is 2.89. The third-order valence-corrected chi connectivity index (χ3v) is 4.04. The zero-order chi connectivity index (χ0) is 10.8. The molecule has 2 unspecified atom stereocenters. The summed E-state index contributed by atoms with van der Waals surface area (Å²) < 4.78 is 26.2. The van der Waals surface area contributed by atoms with Crippen LogP contribution in [-0.4, -0.2) is 16.1 Å². The van der Waals surface area contributed by atoms with E-state index in [1.54, 1.807) is 11.8 Å². The molecule has 1 nitrogen and oxygen atoms in total. The zero-order valence-electron chi connectivity index (χ0n) is 8.12. The average molecular weight is 230 g/mol. The quantitative estimate of drug-likeness (QED) is 0.843. The number of thioether (sulfide) groups is 1.